The van der Waals surface area contributed by atoms with Gasteiger partial charge in [-0.15, -0.1) is 0 Å². The third-order valence-corrected chi connectivity index (χ3v) is 4.81. The van der Waals surface area contributed by atoms with Crippen molar-refractivity contribution in [3.05, 3.63) is 66.2 Å². The number of rotatable bonds is 6. The second kappa shape index (κ2) is 8.18. The van der Waals surface area contributed by atoms with Crippen molar-refractivity contribution in [3.63, 3.8) is 0 Å². The SMILES string of the molecule is COc1ncccc1CN1Cc2ccnn2CC(CNc2ccccn2)C1. The largest absolute Gasteiger partial charge is 0.481 e. The van der Waals surface area contributed by atoms with Crippen LogP contribution >= 0.6 is 0 Å². The maximum Gasteiger partial charge on any atom is 0.217 e. The van der Waals surface area contributed by atoms with Crippen molar-refractivity contribution in [3.8, 4) is 5.88 Å². The highest BCUT2D eigenvalue weighted by Crippen LogP contribution is 2.22. The number of ether oxygens (including phenoxy) is 1. The van der Waals surface area contributed by atoms with E-state index in [9.17, 15) is 0 Å². The summed E-state index contributed by atoms with van der Waals surface area (Å²) in [5.74, 6) is 2.01. The van der Waals surface area contributed by atoms with Crippen LogP contribution in [-0.2, 0) is 19.6 Å². The molecule has 0 amide bonds. The standard InChI is InChI=1S/C20H24N6O/c1-27-20-17(5-4-9-22-20)14-25-12-16(11-23-19-6-2-3-8-21-19)13-26-18(15-25)7-10-24-26/h2-10,16H,11-15H2,1H3,(H,21,23). The molecular formula is C20H24N6O. The van der Waals surface area contributed by atoms with Gasteiger partial charge in [0.25, 0.3) is 0 Å². The summed E-state index contributed by atoms with van der Waals surface area (Å²) in [5.41, 5.74) is 2.34. The molecule has 1 aliphatic heterocycles. The van der Waals surface area contributed by atoms with Crippen LogP contribution in [0.3, 0.4) is 0 Å². The molecule has 0 radical (unpaired) electrons. The summed E-state index contributed by atoms with van der Waals surface area (Å²) in [6.07, 6.45) is 5.45. The van der Waals surface area contributed by atoms with Gasteiger partial charge in [-0.1, -0.05) is 12.1 Å². The highest BCUT2D eigenvalue weighted by atomic mass is 16.5. The Labute approximate surface area is 159 Å². The van der Waals surface area contributed by atoms with Crippen molar-refractivity contribution < 1.29 is 4.74 Å². The van der Waals surface area contributed by atoms with Crippen molar-refractivity contribution in [1.82, 2.24) is 24.6 Å². The van der Waals surface area contributed by atoms with Gasteiger partial charge in [0.1, 0.15) is 5.82 Å². The van der Waals surface area contributed by atoms with E-state index in [-0.39, 0.29) is 0 Å². The van der Waals surface area contributed by atoms with E-state index in [1.54, 1.807) is 13.3 Å². The lowest BCUT2D eigenvalue weighted by atomic mass is 10.1. The van der Waals surface area contributed by atoms with E-state index in [1.807, 2.05) is 36.7 Å². The molecule has 7 nitrogen and oxygen atoms in total. The minimum absolute atomic E-state index is 0.413. The molecule has 7 heteroatoms. The van der Waals surface area contributed by atoms with Crippen molar-refractivity contribution in [2.75, 3.05) is 25.5 Å². The molecule has 0 saturated carbocycles. The lowest BCUT2D eigenvalue weighted by Crippen LogP contribution is -2.31. The molecule has 4 rings (SSSR count). The summed E-state index contributed by atoms with van der Waals surface area (Å²) in [6, 6.07) is 12.1. The lowest BCUT2D eigenvalue weighted by Gasteiger charge is -2.24. The highest BCUT2D eigenvalue weighted by Gasteiger charge is 2.23. The van der Waals surface area contributed by atoms with Gasteiger partial charge >= 0.3 is 0 Å². The number of aromatic nitrogens is 4. The van der Waals surface area contributed by atoms with Gasteiger partial charge in [-0.05, 0) is 24.3 Å². The Kier molecular flexibility index (Phi) is 5.29. The molecule has 0 aromatic carbocycles. The zero-order valence-electron chi connectivity index (χ0n) is 15.5. The third kappa shape index (κ3) is 4.25. The van der Waals surface area contributed by atoms with Crippen molar-refractivity contribution in [1.29, 1.82) is 0 Å². The molecule has 0 saturated heterocycles. The fourth-order valence-electron chi connectivity index (χ4n) is 3.55. The second-order valence-electron chi connectivity index (χ2n) is 6.81. The first-order valence-electron chi connectivity index (χ1n) is 9.17. The Hall–Kier alpha value is -2.93. The average Bonchev–Trinajstić information content (AvgIpc) is 3.06. The Bertz CT molecular complexity index is 866. The number of hydrogen-bond acceptors (Lipinski definition) is 6. The number of methoxy groups -OCH3 is 1. The summed E-state index contributed by atoms with van der Waals surface area (Å²) in [6.45, 7) is 4.35. The van der Waals surface area contributed by atoms with Gasteiger partial charge in [0, 0.05) is 62.8 Å². The van der Waals surface area contributed by atoms with E-state index in [2.05, 4.69) is 42.1 Å². The number of nitrogens with one attached hydrogen (secondary N) is 1. The molecule has 1 atom stereocenters. The van der Waals surface area contributed by atoms with Crippen LogP contribution in [0.25, 0.3) is 0 Å². The van der Waals surface area contributed by atoms with E-state index in [4.69, 9.17) is 4.74 Å². The lowest BCUT2D eigenvalue weighted by molar-refractivity contribution is 0.222. The van der Waals surface area contributed by atoms with Crippen molar-refractivity contribution >= 4 is 5.82 Å². The van der Waals surface area contributed by atoms with Crippen LogP contribution in [0.2, 0.25) is 0 Å². The predicted octanol–water partition coefficient (Wildman–Crippen LogP) is 2.43. The van der Waals surface area contributed by atoms with Gasteiger partial charge < -0.3 is 10.1 Å². The number of fused-ring (bicyclic) bond motifs is 1. The molecule has 1 unspecified atom stereocenters. The normalized spacial score (nSPS) is 17.1. The highest BCUT2D eigenvalue weighted by molar-refractivity contribution is 5.33. The molecule has 3 aromatic rings. The van der Waals surface area contributed by atoms with E-state index < -0.39 is 0 Å². The molecule has 4 heterocycles. The maximum absolute atomic E-state index is 5.43. The first kappa shape index (κ1) is 17.5. The van der Waals surface area contributed by atoms with E-state index >= 15 is 0 Å². The van der Waals surface area contributed by atoms with Gasteiger partial charge in [0.05, 0.1) is 12.8 Å². The number of hydrogen-bond donors (Lipinski definition) is 1. The fraction of sp³-hybridized carbons (Fsp3) is 0.350. The number of pyridine rings is 2. The molecule has 0 spiro atoms. The minimum Gasteiger partial charge on any atom is -0.481 e. The molecule has 1 N–H and O–H groups in total. The van der Waals surface area contributed by atoms with Crippen LogP contribution < -0.4 is 10.1 Å². The zero-order valence-corrected chi connectivity index (χ0v) is 15.5. The molecule has 0 fully saturated rings. The van der Waals surface area contributed by atoms with Gasteiger partial charge in [0.2, 0.25) is 5.88 Å². The molecule has 27 heavy (non-hydrogen) atoms. The van der Waals surface area contributed by atoms with Crippen LogP contribution in [-0.4, -0.2) is 44.8 Å². The molecule has 0 bridgehead atoms. The number of nitrogens with zero attached hydrogens (tertiary/aromatic N) is 5. The second-order valence-corrected chi connectivity index (χ2v) is 6.81. The first-order chi connectivity index (χ1) is 13.3. The zero-order chi connectivity index (χ0) is 18.5. The molecule has 1 aliphatic rings. The smallest absolute Gasteiger partial charge is 0.217 e. The van der Waals surface area contributed by atoms with E-state index in [0.29, 0.717) is 11.8 Å². The maximum atomic E-state index is 5.43. The Morgan fingerprint density at radius 3 is 2.85 bits per heavy atom. The summed E-state index contributed by atoms with van der Waals surface area (Å²) in [5, 5.41) is 7.96. The van der Waals surface area contributed by atoms with Crippen LogP contribution in [0, 0.1) is 5.92 Å². The molecule has 3 aromatic heterocycles. The summed E-state index contributed by atoms with van der Waals surface area (Å²) < 4.78 is 7.55. The average molecular weight is 364 g/mol. The Morgan fingerprint density at radius 2 is 2.00 bits per heavy atom. The van der Waals surface area contributed by atoms with Crippen LogP contribution in [0.15, 0.2) is 55.0 Å². The van der Waals surface area contributed by atoms with Gasteiger partial charge in [0.15, 0.2) is 0 Å². The van der Waals surface area contributed by atoms with Gasteiger partial charge in [-0.3, -0.25) is 9.58 Å². The van der Waals surface area contributed by atoms with Crippen molar-refractivity contribution in [2.45, 2.75) is 19.6 Å². The van der Waals surface area contributed by atoms with Gasteiger partial charge in [-0.2, -0.15) is 5.10 Å². The topological polar surface area (TPSA) is 68.1 Å². The quantitative estimate of drug-likeness (QED) is 0.725. The van der Waals surface area contributed by atoms with Crippen LogP contribution in [0.5, 0.6) is 5.88 Å². The van der Waals surface area contributed by atoms with Crippen molar-refractivity contribution in [2.24, 2.45) is 5.92 Å². The third-order valence-electron chi connectivity index (χ3n) is 4.81. The molecular weight excluding hydrogens is 340 g/mol. The molecule has 140 valence electrons. The van der Waals surface area contributed by atoms with Crippen LogP contribution in [0.1, 0.15) is 11.3 Å². The minimum atomic E-state index is 0.413. The fourth-order valence-corrected chi connectivity index (χ4v) is 3.55. The first-order valence-corrected chi connectivity index (χ1v) is 9.17. The Morgan fingerprint density at radius 1 is 1.07 bits per heavy atom. The van der Waals surface area contributed by atoms with E-state index in [1.165, 1.54) is 5.69 Å². The monoisotopic (exact) mass is 364 g/mol. The summed E-state index contributed by atoms with van der Waals surface area (Å²) in [4.78, 5) is 11.1. The number of anilines is 1. The van der Waals surface area contributed by atoms with E-state index in [0.717, 1.165) is 44.1 Å². The Balaban J connectivity index is 1.49. The molecule has 0 aliphatic carbocycles. The van der Waals surface area contributed by atoms with Gasteiger partial charge in [-0.25, -0.2) is 9.97 Å². The van der Waals surface area contributed by atoms with Crippen LogP contribution in [0.4, 0.5) is 5.82 Å². The predicted molar refractivity (Wildman–Crippen MR) is 103 cm³/mol. The summed E-state index contributed by atoms with van der Waals surface area (Å²) in [7, 11) is 1.67. The summed E-state index contributed by atoms with van der Waals surface area (Å²) >= 11 is 0.